The van der Waals surface area contributed by atoms with Crippen molar-refractivity contribution in [3.05, 3.63) is 0 Å². The van der Waals surface area contributed by atoms with Crippen molar-refractivity contribution < 1.29 is 9.90 Å². The summed E-state index contributed by atoms with van der Waals surface area (Å²) in [6, 6.07) is 0.334. The number of hydrogen-bond acceptors (Lipinski definition) is 2. The zero-order chi connectivity index (χ0) is 11.5. The Balaban J connectivity index is 2.96. The van der Waals surface area contributed by atoms with E-state index in [0.717, 1.165) is 19.3 Å². The summed E-state index contributed by atoms with van der Waals surface area (Å²) in [5.41, 5.74) is 5.65. The second-order valence-electron chi connectivity index (χ2n) is 4.38. The van der Waals surface area contributed by atoms with Crippen molar-refractivity contribution in [3.8, 4) is 0 Å². The number of unbranched alkanes of at least 4 members (excludes halogenated alkanes) is 6. The molecule has 0 aromatic rings. The van der Waals surface area contributed by atoms with Gasteiger partial charge in [-0.2, -0.15) is 0 Å². The van der Waals surface area contributed by atoms with Gasteiger partial charge >= 0.3 is 5.97 Å². The Morgan fingerprint density at radius 3 is 2.00 bits per heavy atom. The predicted octanol–water partition coefficient (Wildman–Crippen LogP) is 2.93. The molecule has 0 amide bonds. The fourth-order valence-electron chi connectivity index (χ4n) is 1.63. The third-order valence-corrected chi connectivity index (χ3v) is 2.55. The van der Waals surface area contributed by atoms with Crippen molar-refractivity contribution >= 4 is 5.97 Å². The van der Waals surface area contributed by atoms with E-state index in [9.17, 15) is 4.79 Å². The van der Waals surface area contributed by atoms with E-state index in [1.54, 1.807) is 0 Å². The molecule has 0 rings (SSSR count). The van der Waals surface area contributed by atoms with Gasteiger partial charge in [-0.1, -0.05) is 38.5 Å². The van der Waals surface area contributed by atoms with Crippen LogP contribution in [0.5, 0.6) is 0 Å². The molecular formula is C12H25NO2. The Morgan fingerprint density at radius 2 is 1.53 bits per heavy atom. The first-order chi connectivity index (χ1) is 7.13. The van der Waals surface area contributed by atoms with Crippen LogP contribution in [0.25, 0.3) is 0 Å². The van der Waals surface area contributed by atoms with Crippen LogP contribution in [0.3, 0.4) is 0 Å². The van der Waals surface area contributed by atoms with Crippen LogP contribution in [-0.4, -0.2) is 17.1 Å². The highest BCUT2D eigenvalue weighted by Gasteiger charge is 1.97. The minimum atomic E-state index is -0.674. The number of hydrogen-bond donors (Lipinski definition) is 2. The summed E-state index contributed by atoms with van der Waals surface area (Å²) in [4.78, 5) is 10.2. The molecule has 0 saturated heterocycles. The number of carboxylic acid groups (broad SMARTS) is 1. The van der Waals surface area contributed by atoms with Gasteiger partial charge in [0.25, 0.3) is 0 Å². The molecule has 1 unspecified atom stereocenters. The minimum absolute atomic E-state index is 0.324. The molecule has 0 saturated carbocycles. The van der Waals surface area contributed by atoms with Crippen LogP contribution >= 0.6 is 0 Å². The first-order valence-corrected chi connectivity index (χ1v) is 6.10. The summed E-state index contributed by atoms with van der Waals surface area (Å²) in [5, 5.41) is 8.43. The molecule has 0 radical (unpaired) electrons. The number of rotatable bonds is 10. The van der Waals surface area contributed by atoms with Gasteiger partial charge in [-0.05, 0) is 19.8 Å². The van der Waals surface area contributed by atoms with Crippen LogP contribution < -0.4 is 5.73 Å². The SMILES string of the molecule is CC(N)CCCCCCCCCC(=O)O. The Bertz CT molecular complexity index is 158. The Morgan fingerprint density at radius 1 is 1.07 bits per heavy atom. The van der Waals surface area contributed by atoms with Crippen molar-refractivity contribution in [2.24, 2.45) is 5.73 Å². The highest BCUT2D eigenvalue weighted by molar-refractivity contribution is 5.66. The summed E-state index contributed by atoms with van der Waals surface area (Å²) >= 11 is 0. The van der Waals surface area contributed by atoms with Gasteiger partial charge in [0.2, 0.25) is 0 Å². The molecule has 90 valence electrons. The largest absolute Gasteiger partial charge is 0.481 e. The average Bonchev–Trinajstić information content (AvgIpc) is 2.14. The maximum atomic E-state index is 10.2. The highest BCUT2D eigenvalue weighted by atomic mass is 16.4. The number of carbonyl (C=O) groups is 1. The van der Waals surface area contributed by atoms with Crippen molar-refractivity contribution in [3.63, 3.8) is 0 Å². The van der Waals surface area contributed by atoms with Crippen LogP contribution in [0.1, 0.15) is 64.7 Å². The lowest BCUT2D eigenvalue weighted by atomic mass is 10.1. The van der Waals surface area contributed by atoms with Crippen molar-refractivity contribution in [1.82, 2.24) is 0 Å². The second-order valence-corrected chi connectivity index (χ2v) is 4.38. The monoisotopic (exact) mass is 215 g/mol. The molecule has 0 aromatic heterocycles. The summed E-state index contributed by atoms with van der Waals surface area (Å²) < 4.78 is 0. The number of nitrogens with two attached hydrogens (primary N) is 1. The molecule has 0 fully saturated rings. The van der Waals surface area contributed by atoms with E-state index in [1.165, 1.54) is 32.1 Å². The van der Waals surface area contributed by atoms with Gasteiger partial charge < -0.3 is 10.8 Å². The van der Waals surface area contributed by atoms with E-state index in [2.05, 4.69) is 0 Å². The molecule has 3 N–H and O–H groups in total. The molecule has 1 atom stereocenters. The van der Waals surface area contributed by atoms with Gasteiger partial charge in [0.05, 0.1) is 0 Å². The fraction of sp³-hybridized carbons (Fsp3) is 0.917. The molecule has 0 bridgehead atoms. The Labute approximate surface area is 93.0 Å². The summed E-state index contributed by atoms with van der Waals surface area (Å²) in [6.07, 6.45) is 9.50. The van der Waals surface area contributed by atoms with Gasteiger partial charge in [-0.3, -0.25) is 4.79 Å². The standard InChI is InChI=1S/C12H25NO2/c1-11(13)9-7-5-3-2-4-6-8-10-12(14)15/h11H,2-10,13H2,1H3,(H,14,15). The molecule has 0 aliphatic rings. The van der Waals surface area contributed by atoms with Crippen molar-refractivity contribution in [2.45, 2.75) is 70.8 Å². The van der Waals surface area contributed by atoms with Crippen LogP contribution in [0.15, 0.2) is 0 Å². The predicted molar refractivity (Wildman–Crippen MR) is 62.8 cm³/mol. The van der Waals surface area contributed by atoms with Gasteiger partial charge in [0.1, 0.15) is 0 Å². The molecule has 3 heteroatoms. The lowest BCUT2D eigenvalue weighted by Gasteiger charge is -2.04. The van der Waals surface area contributed by atoms with E-state index >= 15 is 0 Å². The number of carboxylic acids is 1. The molecule has 3 nitrogen and oxygen atoms in total. The summed E-state index contributed by atoms with van der Waals surface area (Å²) in [5.74, 6) is -0.674. The van der Waals surface area contributed by atoms with Crippen LogP contribution in [0.4, 0.5) is 0 Å². The maximum absolute atomic E-state index is 10.2. The van der Waals surface area contributed by atoms with Gasteiger partial charge in [0.15, 0.2) is 0 Å². The lowest BCUT2D eigenvalue weighted by Crippen LogP contribution is -2.13. The first kappa shape index (κ1) is 14.4. The van der Waals surface area contributed by atoms with Crippen molar-refractivity contribution in [2.75, 3.05) is 0 Å². The molecular weight excluding hydrogens is 190 g/mol. The third kappa shape index (κ3) is 13.4. The van der Waals surface area contributed by atoms with Crippen LogP contribution in [-0.2, 0) is 4.79 Å². The minimum Gasteiger partial charge on any atom is -0.481 e. The Kier molecular flexibility index (Phi) is 9.59. The molecule has 0 heterocycles. The molecule has 0 aliphatic heterocycles. The zero-order valence-corrected chi connectivity index (χ0v) is 9.87. The Hall–Kier alpha value is -0.570. The van der Waals surface area contributed by atoms with Crippen molar-refractivity contribution in [1.29, 1.82) is 0 Å². The normalized spacial score (nSPS) is 12.7. The van der Waals surface area contributed by atoms with E-state index < -0.39 is 5.97 Å². The van der Waals surface area contributed by atoms with E-state index in [1.807, 2.05) is 6.92 Å². The molecule has 0 aromatic carbocycles. The quantitative estimate of drug-likeness (QED) is 0.551. The maximum Gasteiger partial charge on any atom is 0.303 e. The van der Waals surface area contributed by atoms with E-state index in [-0.39, 0.29) is 0 Å². The van der Waals surface area contributed by atoms with E-state index in [4.69, 9.17) is 10.8 Å². The molecule has 15 heavy (non-hydrogen) atoms. The number of aliphatic carboxylic acids is 1. The smallest absolute Gasteiger partial charge is 0.303 e. The van der Waals surface area contributed by atoms with Gasteiger partial charge in [-0.15, -0.1) is 0 Å². The van der Waals surface area contributed by atoms with Gasteiger partial charge in [-0.25, -0.2) is 0 Å². The molecule has 0 aliphatic carbocycles. The average molecular weight is 215 g/mol. The highest BCUT2D eigenvalue weighted by Crippen LogP contribution is 2.10. The zero-order valence-electron chi connectivity index (χ0n) is 9.87. The third-order valence-electron chi connectivity index (χ3n) is 2.55. The topological polar surface area (TPSA) is 63.3 Å². The second kappa shape index (κ2) is 9.97. The summed E-state index contributed by atoms with van der Waals surface area (Å²) in [7, 11) is 0. The fourth-order valence-corrected chi connectivity index (χ4v) is 1.63. The van der Waals surface area contributed by atoms with Crippen LogP contribution in [0, 0.1) is 0 Å². The van der Waals surface area contributed by atoms with Gasteiger partial charge in [0, 0.05) is 12.5 Å². The van der Waals surface area contributed by atoms with Crippen LogP contribution in [0.2, 0.25) is 0 Å². The summed E-state index contributed by atoms with van der Waals surface area (Å²) in [6.45, 7) is 2.05. The lowest BCUT2D eigenvalue weighted by molar-refractivity contribution is -0.137. The van der Waals surface area contributed by atoms with E-state index in [0.29, 0.717) is 12.5 Å². The molecule has 0 spiro atoms. The first-order valence-electron chi connectivity index (χ1n) is 6.10.